The van der Waals surface area contributed by atoms with Gasteiger partial charge in [0.2, 0.25) is 5.91 Å². The minimum Gasteiger partial charge on any atom is -0.378 e. The number of rotatable bonds is 9. The molecule has 2 aromatic carbocycles. The number of hydrogen-bond donors (Lipinski definition) is 2. The van der Waals surface area contributed by atoms with Crippen LogP contribution in [0.4, 0.5) is 11.4 Å². The first-order chi connectivity index (χ1) is 14.6. The highest BCUT2D eigenvalue weighted by Gasteiger charge is 2.29. The minimum absolute atomic E-state index is 0.175. The third-order valence-corrected chi connectivity index (χ3v) is 6.09. The van der Waals surface area contributed by atoms with E-state index in [9.17, 15) is 4.79 Å². The van der Waals surface area contributed by atoms with Crippen LogP contribution in [-0.2, 0) is 4.79 Å². The van der Waals surface area contributed by atoms with Crippen LogP contribution in [0, 0.1) is 0 Å². The maximum absolute atomic E-state index is 12.3. The van der Waals surface area contributed by atoms with Crippen LogP contribution < -0.4 is 20.0 Å². The molecule has 0 spiro atoms. The molecular weight excluding hydrogens is 372 g/mol. The Morgan fingerprint density at radius 2 is 1.73 bits per heavy atom. The van der Waals surface area contributed by atoms with Gasteiger partial charge in [0, 0.05) is 37.5 Å². The van der Waals surface area contributed by atoms with Gasteiger partial charge in [-0.2, -0.15) is 0 Å². The third kappa shape index (κ3) is 5.99. The largest absolute Gasteiger partial charge is 0.378 e. The number of benzene rings is 2. The van der Waals surface area contributed by atoms with Gasteiger partial charge in [-0.1, -0.05) is 43.7 Å². The number of para-hydroxylation sites is 1. The zero-order chi connectivity index (χ0) is 21.3. The smallest absolute Gasteiger partial charge is 0.220 e. The van der Waals surface area contributed by atoms with Gasteiger partial charge in [0.05, 0.1) is 32.7 Å². The molecule has 2 aromatic rings. The fraction of sp³-hybridized carbons (Fsp3) is 0.480. The lowest BCUT2D eigenvalue weighted by molar-refractivity contribution is -0.931. The van der Waals surface area contributed by atoms with Gasteiger partial charge >= 0.3 is 0 Å². The Kier molecular flexibility index (Phi) is 8.14. The van der Waals surface area contributed by atoms with Crippen molar-refractivity contribution in [3.63, 3.8) is 0 Å². The molecule has 1 atom stereocenters. The van der Waals surface area contributed by atoms with Crippen LogP contribution >= 0.6 is 0 Å². The summed E-state index contributed by atoms with van der Waals surface area (Å²) in [6, 6.07) is 19.8. The zero-order valence-corrected chi connectivity index (χ0v) is 18.7. The highest BCUT2D eigenvalue weighted by molar-refractivity contribution is 5.75. The molecule has 1 fully saturated rings. The van der Waals surface area contributed by atoms with Crippen LogP contribution in [0.25, 0.3) is 0 Å². The summed E-state index contributed by atoms with van der Waals surface area (Å²) in [6.07, 6.45) is 2.63. The summed E-state index contributed by atoms with van der Waals surface area (Å²) in [5, 5.41) is 3.21. The Morgan fingerprint density at radius 3 is 2.33 bits per heavy atom. The van der Waals surface area contributed by atoms with E-state index in [1.165, 1.54) is 16.9 Å². The van der Waals surface area contributed by atoms with E-state index in [-0.39, 0.29) is 11.9 Å². The van der Waals surface area contributed by atoms with E-state index in [4.69, 9.17) is 0 Å². The van der Waals surface area contributed by atoms with Crippen molar-refractivity contribution in [1.82, 2.24) is 5.32 Å². The van der Waals surface area contributed by atoms with Gasteiger partial charge in [-0.25, -0.2) is 0 Å². The molecule has 1 amide bonds. The van der Waals surface area contributed by atoms with Gasteiger partial charge in [-0.05, 0) is 30.7 Å². The second-order valence-corrected chi connectivity index (χ2v) is 8.43. The monoisotopic (exact) mass is 409 g/mol. The van der Waals surface area contributed by atoms with Crippen LogP contribution in [-0.4, -0.2) is 52.7 Å². The van der Waals surface area contributed by atoms with Crippen molar-refractivity contribution in [2.75, 3.05) is 56.6 Å². The van der Waals surface area contributed by atoms with Crippen molar-refractivity contribution < 1.29 is 9.69 Å². The van der Waals surface area contributed by atoms with Crippen LogP contribution in [0.1, 0.15) is 37.8 Å². The van der Waals surface area contributed by atoms with E-state index in [0.29, 0.717) is 13.0 Å². The Bertz CT molecular complexity index is 767. The first-order valence-electron chi connectivity index (χ1n) is 11.3. The van der Waals surface area contributed by atoms with Crippen LogP contribution in [0.2, 0.25) is 0 Å². The number of quaternary nitrogens is 1. The van der Waals surface area contributed by atoms with Gasteiger partial charge in [-0.15, -0.1) is 0 Å². The van der Waals surface area contributed by atoms with Crippen LogP contribution in [0.3, 0.4) is 0 Å². The normalized spacial score (nSPS) is 15.6. The number of carbonyl (C=O) groups excluding carboxylic acids is 1. The van der Waals surface area contributed by atoms with Crippen LogP contribution in [0.5, 0.6) is 0 Å². The summed E-state index contributed by atoms with van der Waals surface area (Å²) in [6.45, 7) is 7.04. The second-order valence-electron chi connectivity index (χ2n) is 8.43. The summed E-state index contributed by atoms with van der Waals surface area (Å²) in [7, 11) is 4.13. The van der Waals surface area contributed by atoms with Crippen LogP contribution in [0.15, 0.2) is 54.6 Å². The fourth-order valence-electron chi connectivity index (χ4n) is 4.18. The maximum atomic E-state index is 12.3. The molecule has 0 bridgehead atoms. The number of piperazine rings is 1. The van der Waals surface area contributed by atoms with Crippen molar-refractivity contribution in [2.45, 2.75) is 32.2 Å². The molecule has 3 rings (SSSR count). The molecule has 5 nitrogen and oxygen atoms in total. The summed E-state index contributed by atoms with van der Waals surface area (Å²) < 4.78 is 0. The lowest BCUT2D eigenvalue weighted by atomic mass is 10.0. The molecule has 5 heteroatoms. The van der Waals surface area contributed by atoms with Crippen molar-refractivity contribution in [3.05, 3.63) is 60.2 Å². The average molecular weight is 410 g/mol. The van der Waals surface area contributed by atoms with E-state index < -0.39 is 0 Å². The summed E-state index contributed by atoms with van der Waals surface area (Å²) >= 11 is 0. The Hall–Kier alpha value is -2.53. The molecule has 0 unspecified atom stereocenters. The summed E-state index contributed by atoms with van der Waals surface area (Å²) in [5.74, 6) is 0.175. The highest BCUT2D eigenvalue weighted by atomic mass is 16.1. The van der Waals surface area contributed by atoms with Crippen molar-refractivity contribution in [2.24, 2.45) is 0 Å². The molecule has 0 aliphatic carbocycles. The molecule has 1 aliphatic heterocycles. The molecule has 1 heterocycles. The first-order valence-corrected chi connectivity index (χ1v) is 11.3. The van der Waals surface area contributed by atoms with Gasteiger partial charge in [0.15, 0.2) is 0 Å². The number of nitrogens with zero attached hydrogens (tertiary/aromatic N) is 2. The second kappa shape index (κ2) is 11.0. The third-order valence-electron chi connectivity index (χ3n) is 6.09. The molecule has 1 saturated heterocycles. The molecule has 30 heavy (non-hydrogen) atoms. The number of amides is 1. The number of nitrogens with one attached hydrogen (secondary N) is 2. The Balaban J connectivity index is 1.68. The first kappa shape index (κ1) is 22.2. The predicted molar refractivity (Wildman–Crippen MR) is 125 cm³/mol. The quantitative estimate of drug-likeness (QED) is 0.669. The molecule has 0 saturated carbocycles. The van der Waals surface area contributed by atoms with Crippen molar-refractivity contribution in [1.29, 1.82) is 0 Å². The van der Waals surface area contributed by atoms with Gasteiger partial charge < -0.3 is 20.0 Å². The van der Waals surface area contributed by atoms with E-state index in [0.717, 1.165) is 39.0 Å². The predicted octanol–water partition coefficient (Wildman–Crippen LogP) is 2.51. The molecule has 0 aromatic heterocycles. The van der Waals surface area contributed by atoms with Gasteiger partial charge in [0.25, 0.3) is 0 Å². The number of hydrogen-bond acceptors (Lipinski definition) is 3. The molecule has 1 aliphatic rings. The van der Waals surface area contributed by atoms with Crippen molar-refractivity contribution in [3.8, 4) is 0 Å². The highest BCUT2D eigenvalue weighted by Crippen LogP contribution is 2.18. The lowest BCUT2D eigenvalue weighted by Gasteiger charge is -2.38. The number of anilines is 2. The van der Waals surface area contributed by atoms with Gasteiger partial charge in [-0.3, -0.25) is 4.79 Å². The molecular formula is C25H37N4O+. The van der Waals surface area contributed by atoms with E-state index in [2.05, 4.69) is 90.7 Å². The minimum atomic E-state index is 0.175. The fourth-order valence-corrected chi connectivity index (χ4v) is 4.18. The molecule has 162 valence electrons. The average Bonchev–Trinajstić information content (AvgIpc) is 2.79. The standard InChI is InChI=1S/C25H36N4O/c1-4-5-11-25(30)26-20-24(21-12-14-22(15-13-21)27(2)3)29-18-16-28(17-19-29)23-9-7-6-8-10-23/h6-10,12-15,24H,4-5,11,16-20H2,1-3H3,(H,26,30)/p+1/t24-/m0/s1. The number of carbonyl (C=O) groups is 1. The van der Waals surface area contributed by atoms with Gasteiger partial charge in [0.1, 0.15) is 6.04 Å². The van der Waals surface area contributed by atoms with E-state index in [1.54, 1.807) is 4.90 Å². The topological polar surface area (TPSA) is 40.0 Å². The zero-order valence-electron chi connectivity index (χ0n) is 18.7. The van der Waals surface area contributed by atoms with Crippen molar-refractivity contribution >= 4 is 17.3 Å². The van der Waals surface area contributed by atoms with E-state index in [1.807, 2.05) is 0 Å². The number of unbranched alkanes of at least 4 members (excludes halogenated alkanes) is 1. The summed E-state index contributed by atoms with van der Waals surface area (Å²) in [5.41, 5.74) is 3.81. The Morgan fingerprint density at radius 1 is 1.07 bits per heavy atom. The Labute approximate surface area is 181 Å². The molecule has 2 N–H and O–H groups in total. The maximum Gasteiger partial charge on any atom is 0.220 e. The SMILES string of the molecule is CCCCC(=O)NC[C@@H](c1ccc(N(C)C)cc1)[NH+]1CCN(c2ccccc2)CC1. The molecule has 0 radical (unpaired) electrons. The lowest BCUT2D eigenvalue weighted by Crippen LogP contribution is -3.15. The van der Waals surface area contributed by atoms with E-state index >= 15 is 0 Å². The summed E-state index contributed by atoms with van der Waals surface area (Å²) in [4.78, 5) is 18.4.